The Morgan fingerprint density at radius 1 is 0.966 bits per heavy atom. The fourth-order valence-corrected chi connectivity index (χ4v) is 2.97. The number of rotatable bonds is 6. The molecule has 0 aliphatic carbocycles. The summed E-state index contributed by atoms with van der Waals surface area (Å²) in [4.78, 5) is 26.0. The largest absolute Gasteiger partial charge is 0.369 e. The second kappa shape index (κ2) is 9.24. The van der Waals surface area contributed by atoms with Gasteiger partial charge < -0.3 is 10.6 Å². The zero-order chi connectivity index (χ0) is 19.3. The maximum absolute atomic E-state index is 4.49. The summed E-state index contributed by atoms with van der Waals surface area (Å²) in [6.07, 6.45) is 8.64. The number of nitrogens with zero attached hydrogens (tertiary/aromatic N) is 6. The number of fused-ring (bicyclic) bond motifs is 1. The van der Waals surface area contributed by atoms with Crippen molar-refractivity contribution in [3.05, 3.63) is 60.9 Å². The van der Waals surface area contributed by atoms with Gasteiger partial charge in [-0.1, -0.05) is 6.92 Å². The van der Waals surface area contributed by atoms with E-state index in [-0.39, 0.29) is 19.4 Å². The van der Waals surface area contributed by atoms with E-state index in [0.717, 1.165) is 33.7 Å². The monoisotopic (exact) mass is 406 g/mol. The number of aromatic nitrogens is 6. The lowest BCUT2D eigenvalue weighted by molar-refractivity contribution is 0.804. The van der Waals surface area contributed by atoms with E-state index in [1.54, 1.807) is 25.6 Å². The van der Waals surface area contributed by atoms with Gasteiger partial charge in [-0.15, -0.1) is 0 Å². The summed E-state index contributed by atoms with van der Waals surface area (Å²) in [5.74, 6) is 1.56. The highest BCUT2D eigenvalue weighted by Crippen LogP contribution is 2.23. The first kappa shape index (κ1) is 20.4. The van der Waals surface area contributed by atoms with Gasteiger partial charge in [0.25, 0.3) is 0 Å². The Balaban J connectivity index is 0.00000240. The van der Waals surface area contributed by atoms with Crippen LogP contribution in [0.15, 0.2) is 55.4 Å². The molecule has 4 heterocycles. The van der Waals surface area contributed by atoms with Crippen molar-refractivity contribution >= 4 is 36.3 Å². The predicted octanol–water partition coefficient (Wildman–Crippen LogP) is 3.25. The van der Waals surface area contributed by atoms with E-state index < -0.39 is 0 Å². The van der Waals surface area contributed by atoms with Crippen LogP contribution in [0.25, 0.3) is 22.3 Å². The molecule has 8 nitrogen and oxygen atoms in total. The van der Waals surface area contributed by atoms with E-state index in [0.29, 0.717) is 12.5 Å². The lowest BCUT2D eigenvalue weighted by Crippen LogP contribution is -2.12. The molecule has 148 valence electrons. The number of anilines is 2. The minimum atomic E-state index is 0. The number of hydrogen-bond donors (Lipinski definition) is 2. The molecule has 0 aliphatic rings. The van der Waals surface area contributed by atoms with Crippen LogP contribution in [-0.4, -0.2) is 43.5 Å². The van der Waals surface area contributed by atoms with Gasteiger partial charge in [0.05, 0.1) is 16.7 Å². The normalized spacial score (nSPS) is 11.5. The van der Waals surface area contributed by atoms with Gasteiger partial charge in [0.1, 0.15) is 12.1 Å². The summed E-state index contributed by atoms with van der Waals surface area (Å²) in [5.41, 5.74) is 4.60. The van der Waals surface area contributed by atoms with Gasteiger partial charge in [0.15, 0.2) is 0 Å². The van der Waals surface area contributed by atoms with E-state index in [4.69, 9.17) is 0 Å². The van der Waals surface area contributed by atoms with Gasteiger partial charge in [-0.2, -0.15) is 13.5 Å². The van der Waals surface area contributed by atoms with E-state index in [1.165, 1.54) is 6.33 Å². The highest BCUT2D eigenvalue weighted by atomic mass is 32.1. The molecule has 0 unspecified atom stereocenters. The van der Waals surface area contributed by atoms with Crippen molar-refractivity contribution in [2.75, 3.05) is 24.2 Å². The maximum atomic E-state index is 4.49. The van der Waals surface area contributed by atoms with Crippen LogP contribution in [0.1, 0.15) is 18.4 Å². The molecule has 0 amide bonds. The Morgan fingerprint density at radius 2 is 1.79 bits per heavy atom. The summed E-state index contributed by atoms with van der Waals surface area (Å²) in [5, 5.41) is 6.29. The molecule has 0 aromatic carbocycles. The van der Waals surface area contributed by atoms with Crippen LogP contribution >= 0.6 is 13.5 Å². The second-order valence-corrected chi connectivity index (χ2v) is 6.39. The molecule has 0 saturated carbocycles. The topological polar surface area (TPSA) is 101 Å². The first-order valence-electron chi connectivity index (χ1n) is 9.00. The highest BCUT2D eigenvalue weighted by Gasteiger charge is 2.12. The third kappa shape index (κ3) is 4.57. The number of pyridine rings is 2. The Kier molecular flexibility index (Phi) is 6.50. The first-order valence-corrected chi connectivity index (χ1v) is 9.00. The minimum absolute atomic E-state index is 0. The Morgan fingerprint density at radius 3 is 2.59 bits per heavy atom. The second-order valence-electron chi connectivity index (χ2n) is 6.39. The molecule has 0 bridgehead atoms. The number of nitrogens with one attached hydrogen (secondary N) is 2. The summed E-state index contributed by atoms with van der Waals surface area (Å²) in [6.45, 7) is 2.87. The lowest BCUT2D eigenvalue weighted by atomic mass is 10.0. The summed E-state index contributed by atoms with van der Waals surface area (Å²) < 4.78 is 0. The van der Waals surface area contributed by atoms with Crippen molar-refractivity contribution in [1.82, 2.24) is 29.9 Å². The van der Waals surface area contributed by atoms with Crippen LogP contribution in [0.2, 0.25) is 0 Å². The number of hydrogen-bond acceptors (Lipinski definition) is 8. The predicted molar refractivity (Wildman–Crippen MR) is 119 cm³/mol. The van der Waals surface area contributed by atoms with Crippen LogP contribution in [0, 0.1) is 0 Å². The zero-order valence-electron chi connectivity index (χ0n) is 16.2. The molecule has 0 spiro atoms. The van der Waals surface area contributed by atoms with Crippen molar-refractivity contribution < 1.29 is 0 Å². The molecule has 4 rings (SSSR count). The van der Waals surface area contributed by atoms with Crippen LogP contribution < -0.4 is 10.6 Å². The van der Waals surface area contributed by atoms with Gasteiger partial charge in [-0.25, -0.2) is 19.9 Å². The van der Waals surface area contributed by atoms with Crippen molar-refractivity contribution in [3.63, 3.8) is 0 Å². The molecule has 4 aromatic heterocycles. The zero-order valence-corrected chi connectivity index (χ0v) is 17.2. The van der Waals surface area contributed by atoms with Crippen LogP contribution in [0.5, 0.6) is 0 Å². The Labute approximate surface area is 175 Å². The molecule has 0 saturated heterocycles. The molecular weight excluding hydrogens is 384 g/mol. The standard InChI is InChI=1S/C20H20N8.H2S/c1-13(15-5-7-22-16-4-3-6-23-19(15)16)9-24-18-8-17(27-12-28-18)14-10-25-20(21-2)26-11-14;/h3-8,10-13H,9H2,1-2H3,(H,21,25,26)(H,24,27,28);1H2/t13-;/m1./s1. The van der Waals surface area contributed by atoms with Gasteiger partial charge in [0.2, 0.25) is 5.95 Å². The van der Waals surface area contributed by atoms with Gasteiger partial charge >= 0.3 is 0 Å². The van der Waals surface area contributed by atoms with Crippen LogP contribution in [0.4, 0.5) is 11.8 Å². The molecule has 4 aromatic rings. The lowest BCUT2D eigenvalue weighted by Gasteiger charge is -2.15. The Bertz CT molecular complexity index is 1080. The molecule has 29 heavy (non-hydrogen) atoms. The average molecular weight is 407 g/mol. The van der Waals surface area contributed by atoms with Crippen molar-refractivity contribution in [1.29, 1.82) is 0 Å². The molecule has 0 radical (unpaired) electrons. The van der Waals surface area contributed by atoms with Crippen molar-refractivity contribution in [3.8, 4) is 11.3 Å². The third-order valence-electron chi connectivity index (χ3n) is 4.49. The fraction of sp³-hybridized carbons (Fsp3) is 0.200. The molecular formula is C20H22N8S. The summed E-state index contributed by atoms with van der Waals surface area (Å²) in [7, 11) is 1.78. The average Bonchev–Trinajstić information content (AvgIpc) is 2.77. The maximum Gasteiger partial charge on any atom is 0.222 e. The Hall–Kier alpha value is -3.33. The van der Waals surface area contributed by atoms with Gasteiger partial charge in [-0.3, -0.25) is 9.97 Å². The van der Waals surface area contributed by atoms with E-state index in [2.05, 4.69) is 47.5 Å². The molecule has 0 fully saturated rings. The van der Waals surface area contributed by atoms with Gasteiger partial charge in [-0.05, 0) is 23.8 Å². The molecule has 1 atom stereocenters. The van der Waals surface area contributed by atoms with Crippen LogP contribution in [-0.2, 0) is 0 Å². The van der Waals surface area contributed by atoms with Crippen LogP contribution in [0.3, 0.4) is 0 Å². The molecule has 9 heteroatoms. The highest BCUT2D eigenvalue weighted by molar-refractivity contribution is 7.59. The minimum Gasteiger partial charge on any atom is -0.369 e. The van der Waals surface area contributed by atoms with E-state index in [1.807, 2.05) is 30.5 Å². The summed E-state index contributed by atoms with van der Waals surface area (Å²) >= 11 is 0. The van der Waals surface area contributed by atoms with Gasteiger partial charge in [0, 0.05) is 55.9 Å². The van der Waals surface area contributed by atoms with E-state index >= 15 is 0 Å². The van der Waals surface area contributed by atoms with Crippen molar-refractivity contribution in [2.24, 2.45) is 0 Å². The SMILES string of the molecule is CNc1ncc(-c2cc(NC[C@@H](C)c3ccnc4cccnc34)ncn2)cn1.S. The fourth-order valence-electron chi connectivity index (χ4n) is 2.97. The van der Waals surface area contributed by atoms with E-state index in [9.17, 15) is 0 Å². The van der Waals surface area contributed by atoms with Crippen molar-refractivity contribution in [2.45, 2.75) is 12.8 Å². The quantitative estimate of drug-likeness (QED) is 0.503. The summed E-state index contributed by atoms with van der Waals surface area (Å²) in [6, 6.07) is 7.79. The third-order valence-corrected chi connectivity index (χ3v) is 4.49. The first-order chi connectivity index (χ1) is 13.7. The smallest absolute Gasteiger partial charge is 0.222 e. The molecule has 2 N–H and O–H groups in total. The molecule has 0 aliphatic heterocycles.